The molecule has 19 heavy (non-hydrogen) atoms. The zero-order valence-electron chi connectivity index (χ0n) is 10.5. The normalized spacial score (nSPS) is 12.1. The zero-order valence-corrected chi connectivity index (χ0v) is 11.3. The van der Waals surface area contributed by atoms with Crippen LogP contribution in [0.25, 0.3) is 0 Å². The molecule has 1 aromatic carbocycles. The van der Waals surface area contributed by atoms with Gasteiger partial charge in [0.25, 0.3) is 5.91 Å². The van der Waals surface area contributed by atoms with Gasteiger partial charge in [-0.3, -0.25) is 4.79 Å². The first-order chi connectivity index (χ1) is 9.08. The van der Waals surface area contributed by atoms with Gasteiger partial charge in [-0.2, -0.15) is 0 Å². The summed E-state index contributed by atoms with van der Waals surface area (Å²) in [5, 5.41) is 23.4. The minimum Gasteiger partial charge on any atom is -0.504 e. The predicted octanol–water partition coefficient (Wildman–Crippen LogP) is 2.69. The summed E-state index contributed by atoms with van der Waals surface area (Å²) in [4.78, 5) is 13.1. The van der Waals surface area contributed by atoms with E-state index in [-0.39, 0.29) is 23.3 Å². The van der Waals surface area contributed by atoms with Crippen molar-refractivity contribution in [2.24, 2.45) is 0 Å². The van der Waals surface area contributed by atoms with Gasteiger partial charge in [0.05, 0.1) is 0 Å². The molecule has 0 saturated heterocycles. The number of benzene rings is 1. The summed E-state index contributed by atoms with van der Waals surface area (Å²) in [6.07, 6.45) is 0. The minimum absolute atomic E-state index is 0.233. The molecule has 0 aliphatic heterocycles. The second-order valence-electron chi connectivity index (χ2n) is 4.33. The number of hydrogen-bond acceptors (Lipinski definition) is 4. The largest absolute Gasteiger partial charge is 0.504 e. The molecule has 0 unspecified atom stereocenters. The van der Waals surface area contributed by atoms with Crippen LogP contribution in [0, 0.1) is 0 Å². The highest BCUT2D eigenvalue weighted by atomic mass is 32.1. The summed E-state index contributed by atoms with van der Waals surface area (Å²) in [5.74, 6) is -0.546. The van der Waals surface area contributed by atoms with Crippen LogP contribution < -0.4 is 5.32 Å². The summed E-state index contributed by atoms with van der Waals surface area (Å²) in [6, 6.07) is 8.04. The molecule has 0 aliphatic rings. The molecule has 1 amide bonds. The SMILES string of the molecule is C[C@H](CNC(=O)c1ccc(O)c(O)c1)c1cccs1. The van der Waals surface area contributed by atoms with Crippen LogP contribution in [0.5, 0.6) is 11.5 Å². The average molecular weight is 277 g/mol. The number of rotatable bonds is 4. The summed E-state index contributed by atoms with van der Waals surface area (Å²) >= 11 is 1.66. The van der Waals surface area contributed by atoms with Crippen LogP contribution in [-0.4, -0.2) is 22.7 Å². The maximum Gasteiger partial charge on any atom is 0.251 e. The fourth-order valence-corrected chi connectivity index (χ4v) is 2.47. The van der Waals surface area contributed by atoms with Gasteiger partial charge in [0.2, 0.25) is 0 Å². The molecule has 2 rings (SSSR count). The quantitative estimate of drug-likeness (QED) is 0.753. The third-order valence-electron chi connectivity index (χ3n) is 2.84. The standard InChI is InChI=1S/C14H15NO3S/c1-9(13-3-2-6-19-13)8-15-14(18)10-4-5-11(16)12(17)7-10/h2-7,9,16-17H,8H2,1H3,(H,15,18)/t9-/m1/s1. The lowest BCUT2D eigenvalue weighted by atomic mass is 10.1. The Morgan fingerprint density at radius 3 is 2.74 bits per heavy atom. The third kappa shape index (κ3) is 3.26. The minimum atomic E-state index is -0.293. The van der Waals surface area contributed by atoms with E-state index in [0.29, 0.717) is 12.1 Å². The van der Waals surface area contributed by atoms with E-state index in [1.807, 2.05) is 24.4 Å². The second-order valence-corrected chi connectivity index (χ2v) is 5.31. The molecule has 5 heteroatoms. The van der Waals surface area contributed by atoms with Gasteiger partial charge < -0.3 is 15.5 Å². The molecule has 1 heterocycles. The Kier molecular flexibility index (Phi) is 4.06. The van der Waals surface area contributed by atoms with Crippen molar-refractivity contribution < 1.29 is 15.0 Å². The smallest absolute Gasteiger partial charge is 0.251 e. The van der Waals surface area contributed by atoms with E-state index in [2.05, 4.69) is 5.32 Å². The van der Waals surface area contributed by atoms with Crippen LogP contribution in [0.15, 0.2) is 35.7 Å². The Hall–Kier alpha value is -2.01. The van der Waals surface area contributed by atoms with Gasteiger partial charge >= 0.3 is 0 Å². The fraction of sp³-hybridized carbons (Fsp3) is 0.214. The molecular formula is C14H15NO3S. The number of carbonyl (C=O) groups is 1. The molecule has 1 atom stereocenters. The van der Waals surface area contributed by atoms with E-state index < -0.39 is 0 Å². The van der Waals surface area contributed by atoms with E-state index in [0.717, 1.165) is 0 Å². The van der Waals surface area contributed by atoms with Crippen molar-refractivity contribution >= 4 is 17.2 Å². The molecule has 0 bridgehead atoms. The lowest BCUT2D eigenvalue weighted by molar-refractivity contribution is 0.0951. The summed E-state index contributed by atoms with van der Waals surface area (Å²) in [6.45, 7) is 2.57. The summed E-state index contributed by atoms with van der Waals surface area (Å²) in [5.41, 5.74) is 0.327. The lowest BCUT2D eigenvalue weighted by Crippen LogP contribution is -2.27. The molecular weight excluding hydrogens is 262 g/mol. The van der Waals surface area contributed by atoms with Crippen molar-refractivity contribution in [1.82, 2.24) is 5.32 Å². The number of hydrogen-bond donors (Lipinski definition) is 3. The molecule has 0 saturated carbocycles. The van der Waals surface area contributed by atoms with E-state index in [1.54, 1.807) is 11.3 Å². The Morgan fingerprint density at radius 1 is 1.32 bits per heavy atom. The number of phenols is 2. The average Bonchev–Trinajstić information content (AvgIpc) is 2.92. The Bertz CT molecular complexity index is 566. The van der Waals surface area contributed by atoms with Crippen molar-refractivity contribution in [3.05, 3.63) is 46.2 Å². The zero-order chi connectivity index (χ0) is 13.8. The van der Waals surface area contributed by atoms with Crippen LogP contribution >= 0.6 is 11.3 Å². The Labute approximate surface area is 115 Å². The first-order valence-corrected chi connectivity index (χ1v) is 6.79. The highest BCUT2D eigenvalue weighted by Crippen LogP contribution is 2.25. The first-order valence-electron chi connectivity index (χ1n) is 5.91. The Morgan fingerprint density at radius 2 is 2.11 bits per heavy atom. The monoisotopic (exact) mass is 277 g/mol. The predicted molar refractivity (Wildman–Crippen MR) is 74.8 cm³/mol. The number of nitrogens with one attached hydrogen (secondary N) is 1. The summed E-state index contributed by atoms with van der Waals surface area (Å²) in [7, 11) is 0. The summed E-state index contributed by atoms with van der Waals surface area (Å²) < 4.78 is 0. The van der Waals surface area contributed by atoms with Gasteiger partial charge in [0.15, 0.2) is 11.5 Å². The van der Waals surface area contributed by atoms with Gasteiger partial charge in [-0.05, 0) is 29.6 Å². The maximum absolute atomic E-state index is 11.9. The van der Waals surface area contributed by atoms with Crippen molar-refractivity contribution in [1.29, 1.82) is 0 Å². The van der Waals surface area contributed by atoms with Gasteiger partial charge in [0.1, 0.15) is 0 Å². The number of phenolic OH excluding ortho intramolecular Hbond substituents is 2. The van der Waals surface area contributed by atoms with Crippen molar-refractivity contribution in [2.45, 2.75) is 12.8 Å². The molecule has 1 aromatic heterocycles. The van der Waals surface area contributed by atoms with Crippen LogP contribution in [0.4, 0.5) is 0 Å². The lowest BCUT2D eigenvalue weighted by Gasteiger charge is -2.11. The number of carbonyl (C=O) groups excluding carboxylic acids is 1. The van der Waals surface area contributed by atoms with Crippen molar-refractivity contribution in [3.8, 4) is 11.5 Å². The molecule has 0 radical (unpaired) electrons. The number of amides is 1. The fourth-order valence-electron chi connectivity index (χ4n) is 1.68. The van der Waals surface area contributed by atoms with E-state index in [1.165, 1.54) is 23.1 Å². The van der Waals surface area contributed by atoms with Crippen molar-refractivity contribution in [3.63, 3.8) is 0 Å². The van der Waals surface area contributed by atoms with Crippen LogP contribution in [0.1, 0.15) is 28.1 Å². The van der Waals surface area contributed by atoms with Crippen molar-refractivity contribution in [2.75, 3.05) is 6.54 Å². The van der Waals surface area contributed by atoms with Crippen LogP contribution in [0.3, 0.4) is 0 Å². The van der Waals surface area contributed by atoms with Gasteiger partial charge in [-0.15, -0.1) is 11.3 Å². The number of thiophene rings is 1. The molecule has 0 aliphatic carbocycles. The number of aromatic hydroxyl groups is 2. The molecule has 0 fully saturated rings. The Balaban J connectivity index is 1.96. The van der Waals surface area contributed by atoms with Gasteiger partial charge in [-0.25, -0.2) is 0 Å². The molecule has 3 N–H and O–H groups in total. The van der Waals surface area contributed by atoms with Gasteiger partial charge in [0, 0.05) is 22.9 Å². The van der Waals surface area contributed by atoms with Gasteiger partial charge in [-0.1, -0.05) is 13.0 Å². The van der Waals surface area contributed by atoms with E-state index >= 15 is 0 Å². The maximum atomic E-state index is 11.9. The second kappa shape index (κ2) is 5.75. The molecule has 0 spiro atoms. The first kappa shape index (κ1) is 13.4. The van der Waals surface area contributed by atoms with Crippen LogP contribution in [0.2, 0.25) is 0 Å². The van der Waals surface area contributed by atoms with E-state index in [4.69, 9.17) is 0 Å². The third-order valence-corrected chi connectivity index (χ3v) is 3.94. The molecule has 100 valence electrons. The highest BCUT2D eigenvalue weighted by Gasteiger charge is 2.11. The molecule has 2 aromatic rings. The topological polar surface area (TPSA) is 69.6 Å². The van der Waals surface area contributed by atoms with Crippen LogP contribution in [-0.2, 0) is 0 Å². The highest BCUT2D eigenvalue weighted by molar-refractivity contribution is 7.10. The molecule has 4 nitrogen and oxygen atoms in total. The van der Waals surface area contributed by atoms with E-state index in [9.17, 15) is 15.0 Å².